The van der Waals surface area contributed by atoms with Crippen molar-refractivity contribution in [1.82, 2.24) is 5.43 Å². The molecule has 0 radical (unpaired) electrons. The summed E-state index contributed by atoms with van der Waals surface area (Å²) in [5.41, 5.74) is 4.91. The van der Waals surface area contributed by atoms with E-state index in [1.54, 1.807) is 24.3 Å². The number of benzene rings is 3. The largest absolute Gasteiger partial charge is 0.483 e. The summed E-state index contributed by atoms with van der Waals surface area (Å²) in [6.07, 6.45) is 1.28. The van der Waals surface area contributed by atoms with Gasteiger partial charge in [0.05, 0.1) is 16.3 Å². The van der Waals surface area contributed by atoms with Gasteiger partial charge in [-0.1, -0.05) is 54.6 Å². The number of carboxylic acids is 1. The molecule has 3 rings (SSSR count). The number of hydrogen-bond acceptors (Lipinski definition) is 4. The first kappa shape index (κ1) is 20.3. The maximum Gasteiger partial charge on any atom is 0.336 e. The second-order valence-corrected chi connectivity index (χ2v) is 6.84. The molecule has 7 heteroatoms. The molecule has 0 unspecified atom stereocenters. The second-order valence-electron chi connectivity index (χ2n) is 5.99. The Morgan fingerprint density at radius 2 is 1.72 bits per heavy atom. The lowest BCUT2D eigenvalue weighted by Gasteiger charge is -2.09. The summed E-state index contributed by atoms with van der Waals surface area (Å²) in [5.74, 6) is -1.00. The van der Waals surface area contributed by atoms with Crippen molar-refractivity contribution in [3.63, 3.8) is 0 Å². The normalized spacial score (nSPS) is 10.7. The lowest BCUT2D eigenvalue weighted by Crippen LogP contribution is -2.24. The van der Waals surface area contributed by atoms with Crippen LogP contribution >= 0.6 is 15.9 Å². The number of nitrogens with one attached hydrogen (secondary N) is 1. The lowest BCUT2D eigenvalue weighted by atomic mass is 10.1. The molecule has 6 nitrogen and oxygen atoms in total. The fraction of sp³-hybridized carbons (Fsp3) is 0.0455. The van der Waals surface area contributed by atoms with Crippen LogP contribution in [0.4, 0.5) is 0 Å². The van der Waals surface area contributed by atoms with Gasteiger partial charge in [0.25, 0.3) is 5.91 Å². The van der Waals surface area contributed by atoms with Gasteiger partial charge >= 0.3 is 5.97 Å². The van der Waals surface area contributed by atoms with E-state index in [0.29, 0.717) is 11.3 Å². The molecule has 1 amide bonds. The van der Waals surface area contributed by atoms with Crippen LogP contribution in [0.15, 0.2) is 82.4 Å². The zero-order valence-electron chi connectivity index (χ0n) is 15.2. The van der Waals surface area contributed by atoms with Gasteiger partial charge in [-0.25, -0.2) is 10.2 Å². The van der Waals surface area contributed by atoms with Crippen molar-refractivity contribution in [2.24, 2.45) is 5.10 Å². The van der Waals surface area contributed by atoms with Gasteiger partial charge in [0.2, 0.25) is 0 Å². The Kier molecular flexibility index (Phi) is 6.76. The van der Waals surface area contributed by atoms with Crippen molar-refractivity contribution in [1.29, 1.82) is 0 Å². The molecule has 0 bridgehead atoms. The molecule has 2 N–H and O–H groups in total. The van der Waals surface area contributed by atoms with Gasteiger partial charge in [-0.05, 0) is 45.3 Å². The van der Waals surface area contributed by atoms with Crippen molar-refractivity contribution < 1.29 is 19.4 Å². The van der Waals surface area contributed by atoms with Gasteiger partial charge in [0.15, 0.2) is 6.61 Å². The van der Waals surface area contributed by atoms with Crippen LogP contribution in [0.1, 0.15) is 15.9 Å². The van der Waals surface area contributed by atoms with Gasteiger partial charge in [0, 0.05) is 5.56 Å². The second kappa shape index (κ2) is 9.66. The van der Waals surface area contributed by atoms with Crippen molar-refractivity contribution in [2.45, 2.75) is 0 Å². The molecular formula is C22H17BrN2O4. The Labute approximate surface area is 176 Å². The van der Waals surface area contributed by atoms with Crippen LogP contribution in [0.25, 0.3) is 11.1 Å². The molecule has 0 spiro atoms. The van der Waals surface area contributed by atoms with Crippen LogP contribution in [0, 0.1) is 0 Å². The molecule has 0 aliphatic heterocycles. The average molecular weight is 453 g/mol. The summed E-state index contributed by atoms with van der Waals surface area (Å²) >= 11 is 3.46. The molecular weight excluding hydrogens is 436 g/mol. The summed E-state index contributed by atoms with van der Waals surface area (Å²) in [6, 6.07) is 21.9. The molecule has 3 aromatic carbocycles. The summed E-state index contributed by atoms with van der Waals surface area (Å²) in [6.45, 7) is -0.235. The van der Waals surface area contributed by atoms with E-state index in [9.17, 15) is 9.59 Å². The Bertz CT molecular complexity index is 1050. The third kappa shape index (κ3) is 5.52. The van der Waals surface area contributed by atoms with Crippen LogP contribution in [-0.2, 0) is 4.79 Å². The number of halogens is 1. The van der Waals surface area contributed by atoms with Gasteiger partial charge in [0.1, 0.15) is 5.75 Å². The first-order chi connectivity index (χ1) is 14.0. The predicted octanol–water partition coefficient (Wildman–Crippen LogP) is 4.34. The molecule has 0 aliphatic rings. The number of carboxylic acid groups (broad SMARTS) is 1. The number of amides is 1. The number of carbonyl (C=O) groups is 2. The highest BCUT2D eigenvalue weighted by Gasteiger charge is 2.08. The predicted molar refractivity (Wildman–Crippen MR) is 114 cm³/mol. The Morgan fingerprint density at radius 3 is 2.45 bits per heavy atom. The monoisotopic (exact) mass is 452 g/mol. The maximum absolute atomic E-state index is 11.9. The van der Waals surface area contributed by atoms with E-state index >= 15 is 0 Å². The first-order valence-corrected chi connectivity index (χ1v) is 9.46. The number of hydrogen-bond donors (Lipinski definition) is 2. The Hall–Kier alpha value is -3.45. The summed E-state index contributed by atoms with van der Waals surface area (Å²) < 4.78 is 6.25. The van der Waals surface area contributed by atoms with Gasteiger partial charge in [-0.3, -0.25) is 4.79 Å². The minimum absolute atomic E-state index is 0.101. The molecule has 0 heterocycles. The first-order valence-electron chi connectivity index (χ1n) is 8.66. The van der Waals surface area contributed by atoms with Crippen molar-refractivity contribution in [2.75, 3.05) is 6.61 Å². The van der Waals surface area contributed by atoms with Crippen LogP contribution < -0.4 is 10.2 Å². The van der Waals surface area contributed by atoms with E-state index in [1.165, 1.54) is 12.3 Å². The minimum Gasteiger partial charge on any atom is -0.483 e. The molecule has 0 saturated heterocycles. The standard InChI is InChI=1S/C22H17BrN2O4/c23-19-12-16(15-6-2-1-3-7-15)10-11-20(19)29-14-21(26)25-24-13-17-8-4-5-9-18(17)22(27)28/h1-13H,14H2,(H,25,26)(H,27,28)/b24-13+. The third-order valence-electron chi connectivity index (χ3n) is 3.98. The van der Waals surface area contributed by atoms with Crippen molar-refractivity contribution in [3.05, 3.63) is 88.4 Å². The topological polar surface area (TPSA) is 88.0 Å². The smallest absolute Gasteiger partial charge is 0.336 e. The fourth-order valence-corrected chi connectivity index (χ4v) is 3.08. The molecule has 3 aromatic rings. The van der Waals surface area contributed by atoms with E-state index in [0.717, 1.165) is 15.6 Å². The summed E-state index contributed by atoms with van der Waals surface area (Å²) in [4.78, 5) is 23.1. The number of ether oxygens (including phenoxy) is 1. The highest BCUT2D eigenvalue weighted by Crippen LogP contribution is 2.30. The maximum atomic E-state index is 11.9. The van der Waals surface area contributed by atoms with Crippen LogP contribution in [-0.4, -0.2) is 29.8 Å². The van der Waals surface area contributed by atoms with Crippen LogP contribution in [0.3, 0.4) is 0 Å². The number of rotatable bonds is 7. The molecule has 0 aromatic heterocycles. The number of nitrogens with zero attached hydrogens (tertiary/aromatic N) is 1. The van der Waals surface area contributed by atoms with E-state index in [2.05, 4.69) is 26.5 Å². The highest BCUT2D eigenvalue weighted by atomic mass is 79.9. The quantitative estimate of drug-likeness (QED) is 0.412. The van der Waals surface area contributed by atoms with Crippen LogP contribution in [0.5, 0.6) is 5.75 Å². The van der Waals surface area contributed by atoms with Gasteiger partial charge < -0.3 is 9.84 Å². The van der Waals surface area contributed by atoms with Crippen LogP contribution in [0.2, 0.25) is 0 Å². The van der Waals surface area contributed by atoms with E-state index in [4.69, 9.17) is 9.84 Å². The SMILES string of the molecule is O=C(COc1ccc(-c2ccccc2)cc1Br)N/N=C/c1ccccc1C(=O)O. The number of carbonyl (C=O) groups excluding carboxylic acids is 1. The van der Waals surface area contributed by atoms with E-state index in [-0.39, 0.29) is 12.2 Å². The highest BCUT2D eigenvalue weighted by molar-refractivity contribution is 9.10. The average Bonchev–Trinajstić information content (AvgIpc) is 2.73. The fourth-order valence-electron chi connectivity index (χ4n) is 2.58. The van der Waals surface area contributed by atoms with Gasteiger partial charge in [-0.15, -0.1) is 0 Å². The Morgan fingerprint density at radius 1 is 1.00 bits per heavy atom. The lowest BCUT2D eigenvalue weighted by molar-refractivity contribution is -0.123. The molecule has 0 fully saturated rings. The molecule has 0 saturated carbocycles. The zero-order chi connectivity index (χ0) is 20.6. The van der Waals surface area contributed by atoms with Crippen molar-refractivity contribution in [3.8, 4) is 16.9 Å². The van der Waals surface area contributed by atoms with Gasteiger partial charge in [-0.2, -0.15) is 5.10 Å². The third-order valence-corrected chi connectivity index (χ3v) is 4.60. The van der Waals surface area contributed by atoms with E-state index < -0.39 is 11.9 Å². The number of aromatic carboxylic acids is 1. The molecule has 146 valence electrons. The number of hydrazone groups is 1. The summed E-state index contributed by atoms with van der Waals surface area (Å²) in [5, 5.41) is 12.9. The van der Waals surface area contributed by atoms with Crippen molar-refractivity contribution >= 4 is 34.0 Å². The minimum atomic E-state index is -1.06. The molecule has 0 atom stereocenters. The summed E-state index contributed by atoms with van der Waals surface area (Å²) in [7, 11) is 0. The molecule has 29 heavy (non-hydrogen) atoms. The Balaban J connectivity index is 1.57. The van der Waals surface area contributed by atoms with E-state index in [1.807, 2.05) is 42.5 Å². The molecule has 0 aliphatic carbocycles. The zero-order valence-corrected chi connectivity index (χ0v) is 16.8.